The van der Waals surface area contributed by atoms with Crippen LogP contribution < -0.4 is 0 Å². The highest BCUT2D eigenvalue weighted by molar-refractivity contribution is 9.10. The van der Waals surface area contributed by atoms with Gasteiger partial charge in [-0.1, -0.05) is 39.7 Å². The maximum absolute atomic E-state index is 5.86. The molecule has 0 saturated heterocycles. The van der Waals surface area contributed by atoms with Gasteiger partial charge in [0.2, 0.25) is 0 Å². The fraction of sp³-hybridized carbons (Fsp3) is 0. The number of rotatable bonds is 1. The summed E-state index contributed by atoms with van der Waals surface area (Å²) in [6.45, 7) is 0. The predicted molar refractivity (Wildman–Crippen MR) is 62.5 cm³/mol. The first-order valence-electron chi connectivity index (χ1n) is 3.77. The standard InChI is InChI=1S/C10H6BrClS/c11-8-3-1-2-7(6-8)9-4-5-10(12)13-9/h1-6H. The summed E-state index contributed by atoms with van der Waals surface area (Å²) in [6.07, 6.45) is 0. The minimum Gasteiger partial charge on any atom is -0.123 e. The van der Waals surface area contributed by atoms with Crippen LogP contribution in [0.25, 0.3) is 10.4 Å². The molecule has 66 valence electrons. The fourth-order valence-corrected chi connectivity index (χ4v) is 2.55. The van der Waals surface area contributed by atoms with Crippen molar-refractivity contribution in [2.45, 2.75) is 0 Å². The van der Waals surface area contributed by atoms with Gasteiger partial charge in [-0.15, -0.1) is 11.3 Å². The molecule has 1 heterocycles. The second-order valence-electron chi connectivity index (χ2n) is 2.61. The van der Waals surface area contributed by atoms with E-state index in [1.807, 2.05) is 24.3 Å². The molecule has 2 rings (SSSR count). The molecule has 0 aliphatic rings. The van der Waals surface area contributed by atoms with Crippen LogP contribution in [0.4, 0.5) is 0 Å². The molecule has 0 amide bonds. The first-order chi connectivity index (χ1) is 6.25. The summed E-state index contributed by atoms with van der Waals surface area (Å²) < 4.78 is 1.92. The quantitative estimate of drug-likeness (QED) is 0.698. The second kappa shape index (κ2) is 3.82. The minimum absolute atomic E-state index is 0.829. The number of hydrogen-bond acceptors (Lipinski definition) is 1. The van der Waals surface area contributed by atoms with Crippen LogP contribution in [-0.2, 0) is 0 Å². The minimum atomic E-state index is 0.829. The lowest BCUT2D eigenvalue weighted by Crippen LogP contribution is -1.70. The van der Waals surface area contributed by atoms with Gasteiger partial charge in [0, 0.05) is 9.35 Å². The topological polar surface area (TPSA) is 0 Å². The Bertz CT molecular complexity index is 422. The maximum Gasteiger partial charge on any atom is 0.0934 e. The Labute approximate surface area is 94.3 Å². The van der Waals surface area contributed by atoms with Gasteiger partial charge >= 0.3 is 0 Å². The normalized spacial score (nSPS) is 10.3. The Morgan fingerprint density at radius 2 is 2.00 bits per heavy atom. The largest absolute Gasteiger partial charge is 0.123 e. The molecule has 1 aromatic carbocycles. The maximum atomic E-state index is 5.86. The molecule has 0 bridgehead atoms. The van der Waals surface area contributed by atoms with E-state index in [1.165, 1.54) is 10.4 Å². The van der Waals surface area contributed by atoms with Crippen LogP contribution in [0.5, 0.6) is 0 Å². The van der Waals surface area contributed by atoms with Crippen LogP contribution in [0.15, 0.2) is 40.9 Å². The first kappa shape index (κ1) is 9.25. The fourth-order valence-electron chi connectivity index (χ4n) is 1.11. The lowest BCUT2D eigenvalue weighted by Gasteiger charge is -1.96. The van der Waals surface area contributed by atoms with Crippen molar-refractivity contribution in [1.29, 1.82) is 0 Å². The Hall–Kier alpha value is -0.310. The van der Waals surface area contributed by atoms with Crippen molar-refractivity contribution in [1.82, 2.24) is 0 Å². The lowest BCUT2D eigenvalue weighted by atomic mass is 10.2. The monoisotopic (exact) mass is 272 g/mol. The summed E-state index contributed by atoms with van der Waals surface area (Å²) in [5.74, 6) is 0. The van der Waals surface area contributed by atoms with Crippen molar-refractivity contribution < 1.29 is 0 Å². The SMILES string of the molecule is Clc1ccc(-c2cccc(Br)c2)s1. The van der Waals surface area contributed by atoms with Crippen molar-refractivity contribution in [3.8, 4) is 10.4 Å². The molecule has 0 fully saturated rings. The van der Waals surface area contributed by atoms with E-state index in [4.69, 9.17) is 11.6 Å². The van der Waals surface area contributed by atoms with E-state index >= 15 is 0 Å². The highest BCUT2D eigenvalue weighted by Gasteiger charge is 2.00. The molecule has 0 atom stereocenters. The summed E-state index contributed by atoms with van der Waals surface area (Å²) in [6, 6.07) is 12.2. The Morgan fingerprint density at radius 1 is 1.15 bits per heavy atom. The van der Waals surface area contributed by atoms with E-state index < -0.39 is 0 Å². The van der Waals surface area contributed by atoms with Gasteiger partial charge in [0.1, 0.15) is 0 Å². The Kier molecular flexibility index (Phi) is 2.72. The van der Waals surface area contributed by atoms with E-state index in [1.54, 1.807) is 11.3 Å². The van der Waals surface area contributed by atoms with Crippen molar-refractivity contribution in [3.63, 3.8) is 0 Å². The number of benzene rings is 1. The van der Waals surface area contributed by atoms with E-state index in [-0.39, 0.29) is 0 Å². The first-order valence-corrected chi connectivity index (χ1v) is 5.76. The number of thiophene rings is 1. The van der Waals surface area contributed by atoms with Crippen LogP contribution in [0.2, 0.25) is 4.34 Å². The molecule has 0 spiro atoms. The molecule has 0 nitrogen and oxygen atoms in total. The third-order valence-electron chi connectivity index (χ3n) is 1.68. The molecule has 0 saturated carbocycles. The number of hydrogen-bond donors (Lipinski definition) is 0. The van der Waals surface area contributed by atoms with E-state index in [0.29, 0.717) is 0 Å². The van der Waals surface area contributed by atoms with Crippen molar-refractivity contribution in [3.05, 3.63) is 45.2 Å². The second-order valence-corrected chi connectivity index (χ2v) is 5.24. The third-order valence-corrected chi connectivity index (χ3v) is 3.46. The van der Waals surface area contributed by atoms with Crippen LogP contribution in [0.1, 0.15) is 0 Å². The summed E-state index contributed by atoms with van der Waals surface area (Å²) in [5, 5.41) is 0. The molecule has 0 aliphatic heterocycles. The zero-order valence-electron chi connectivity index (χ0n) is 6.63. The van der Waals surface area contributed by atoms with E-state index in [2.05, 4.69) is 28.1 Å². The molecule has 2 aromatic rings. The molecular weight excluding hydrogens is 268 g/mol. The number of halogens is 2. The van der Waals surface area contributed by atoms with Crippen molar-refractivity contribution in [2.24, 2.45) is 0 Å². The molecule has 0 aliphatic carbocycles. The van der Waals surface area contributed by atoms with Gasteiger partial charge in [-0.3, -0.25) is 0 Å². The molecule has 3 heteroatoms. The van der Waals surface area contributed by atoms with E-state index in [0.717, 1.165) is 8.81 Å². The van der Waals surface area contributed by atoms with E-state index in [9.17, 15) is 0 Å². The van der Waals surface area contributed by atoms with Gasteiger partial charge in [0.25, 0.3) is 0 Å². The summed E-state index contributed by atoms with van der Waals surface area (Å²) in [4.78, 5) is 1.20. The van der Waals surface area contributed by atoms with Gasteiger partial charge in [0.15, 0.2) is 0 Å². The van der Waals surface area contributed by atoms with Gasteiger partial charge in [-0.25, -0.2) is 0 Å². The van der Waals surface area contributed by atoms with Crippen LogP contribution in [0.3, 0.4) is 0 Å². The Morgan fingerprint density at radius 3 is 2.62 bits per heavy atom. The van der Waals surface area contributed by atoms with Crippen molar-refractivity contribution in [2.75, 3.05) is 0 Å². The average Bonchev–Trinajstić information content (AvgIpc) is 2.52. The molecule has 1 aromatic heterocycles. The van der Waals surface area contributed by atoms with Crippen LogP contribution >= 0.6 is 38.9 Å². The van der Waals surface area contributed by atoms with Gasteiger partial charge < -0.3 is 0 Å². The molecule has 0 radical (unpaired) electrons. The van der Waals surface area contributed by atoms with Crippen LogP contribution in [-0.4, -0.2) is 0 Å². The molecule has 0 N–H and O–H groups in total. The van der Waals surface area contributed by atoms with Crippen molar-refractivity contribution >= 4 is 38.9 Å². The molecule has 0 unspecified atom stereocenters. The molecule has 13 heavy (non-hydrogen) atoms. The van der Waals surface area contributed by atoms with Crippen LogP contribution in [0, 0.1) is 0 Å². The van der Waals surface area contributed by atoms with Gasteiger partial charge in [-0.05, 0) is 29.8 Å². The highest BCUT2D eigenvalue weighted by Crippen LogP contribution is 2.31. The summed E-state index contributed by atoms with van der Waals surface area (Å²) >= 11 is 10.9. The predicted octanol–water partition coefficient (Wildman–Crippen LogP) is 4.83. The average molecular weight is 274 g/mol. The summed E-state index contributed by atoms with van der Waals surface area (Å²) in [5.41, 5.74) is 1.20. The Balaban J connectivity index is 2.46. The smallest absolute Gasteiger partial charge is 0.0934 e. The zero-order valence-corrected chi connectivity index (χ0v) is 9.79. The van der Waals surface area contributed by atoms with Gasteiger partial charge in [-0.2, -0.15) is 0 Å². The third kappa shape index (κ3) is 2.13. The summed E-state index contributed by atoms with van der Waals surface area (Å²) in [7, 11) is 0. The lowest BCUT2D eigenvalue weighted by molar-refractivity contribution is 1.65. The van der Waals surface area contributed by atoms with Gasteiger partial charge in [0.05, 0.1) is 4.34 Å². The molecular formula is C10H6BrClS. The zero-order chi connectivity index (χ0) is 9.26. The highest BCUT2D eigenvalue weighted by atomic mass is 79.9.